The highest BCUT2D eigenvalue weighted by Gasteiger charge is 2.10. The molecule has 0 aliphatic heterocycles. The summed E-state index contributed by atoms with van der Waals surface area (Å²) in [7, 11) is 1.66. The van der Waals surface area contributed by atoms with Crippen molar-refractivity contribution in [3.8, 4) is 5.75 Å². The number of H-pyrrole nitrogens is 1. The van der Waals surface area contributed by atoms with Gasteiger partial charge in [0.2, 0.25) is 0 Å². The van der Waals surface area contributed by atoms with Crippen LogP contribution in [0, 0.1) is 13.8 Å². The number of hydrogen-bond donors (Lipinski definition) is 1. The van der Waals surface area contributed by atoms with Gasteiger partial charge in [0.05, 0.1) is 23.8 Å². The van der Waals surface area contributed by atoms with Crippen molar-refractivity contribution in [3.63, 3.8) is 0 Å². The molecule has 3 N–H and O–H groups in total. The van der Waals surface area contributed by atoms with E-state index in [9.17, 15) is 0 Å². The number of rotatable bonds is 4. The van der Waals surface area contributed by atoms with Gasteiger partial charge in [0.1, 0.15) is 5.75 Å². The zero-order valence-electron chi connectivity index (χ0n) is 13.1. The van der Waals surface area contributed by atoms with E-state index in [1.165, 1.54) is 0 Å². The summed E-state index contributed by atoms with van der Waals surface area (Å²) < 4.78 is 5.22. The number of halogens is 1. The average Bonchev–Trinajstić information content (AvgIpc) is 2.93. The molecule has 2 heterocycles. The number of nitrogens with one attached hydrogen (secondary N) is 1. The first-order valence-corrected chi connectivity index (χ1v) is 8.22. The number of hydrogen-bond acceptors (Lipinski definition) is 4. The standard InChI is InChI=1S/C16H16ClN3OS.H2O/c1-9-7-18-14(10(2)15(9)17)8-22-16-19-12-5-4-11(21-3)6-13(12)20-16;/h4-7H,8H2,1-3H3,(H,19,20);1H2. The Kier molecular flexibility index (Phi) is 5.51. The maximum absolute atomic E-state index is 6.28. The number of aromatic amines is 1. The fraction of sp³-hybridized carbons (Fsp3) is 0.250. The van der Waals surface area contributed by atoms with E-state index in [4.69, 9.17) is 16.3 Å². The highest BCUT2D eigenvalue weighted by Crippen LogP contribution is 2.28. The van der Waals surface area contributed by atoms with Gasteiger partial charge in [-0.05, 0) is 37.1 Å². The summed E-state index contributed by atoms with van der Waals surface area (Å²) in [5.41, 5.74) is 4.91. The zero-order chi connectivity index (χ0) is 15.7. The molecule has 122 valence electrons. The second-order valence-corrected chi connectivity index (χ2v) is 6.38. The van der Waals surface area contributed by atoms with Gasteiger partial charge in [-0.25, -0.2) is 4.98 Å². The number of nitrogens with zero attached hydrogens (tertiary/aromatic N) is 2. The quantitative estimate of drug-likeness (QED) is 0.726. The molecule has 0 unspecified atom stereocenters. The van der Waals surface area contributed by atoms with Gasteiger partial charge in [-0.1, -0.05) is 23.4 Å². The van der Waals surface area contributed by atoms with Crippen LogP contribution in [-0.2, 0) is 5.75 Å². The van der Waals surface area contributed by atoms with E-state index in [1.807, 2.05) is 38.2 Å². The summed E-state index contributed by atoms with van der Waals surface area (Å²) in [6.07, 6.45) is 1.81. The van der Waals surface area contributed by atoms with Gasteiger partial charge in [-0.15, -0.1) is 0 Å². The van der Waals surface area contributed by atoms with Gasteiger partial charge in [0, 0.05) is 23.0 Å². The first-order valence-electron chi connectivity index (χ1n) is 6.85. The molecule has 0 aliphatic carbocycles. The average molecular weight is 352 g/mol. The predicted octanol–water partition coefficient (Wildman–Crippen LogP) is 3.70. The molecule has 0 saturated carbocycles. The van der Waals surface area contributed by atoms with Crippen molar-refractivity contribution in [3.05, 3.63) is 46.2 Å². The molecule has 23 heavy (non-hydrogen) atoms. The number of imidazole rings is 1. The van der Waals surface area contributed by atoms with Gasteiger partial charge in [-0.3, -0.25) is 4.98 Å². The highest BCUT2D eigenvalue weighted by atomic mass is 35.5. The summed E-state index contributed by atoms with van der Waals surface area (Å²) in [6.45, 7) is 3.97. The minimum absolute atomic E-state index is 0. The normalized spacial score (nSPS) is 10.6. The molecule has 3 rings (SSSR count). The van der Waals surface area contributed by atoms with E-state index in [0.717, 1.165) is 49.5 Å². The number of methoxy groups -OCH3 is 1. The number of thioether (sulfide) groups is 1. The van der Waals surface area contributed by atoms with Crippen LogP contribution < -0.4 is 4.74 Å². The summed E-state index contributed by atoms with van der Waals surface area (Å²) in [6, 6.07) is 5.79. The van der Waals surface area contributed by atoms with Crippen LogP contribution in [0.1, 0.15) is 16.8 Å². The summed E-state index contributed by atoms with van der Waals surface area (Å²) in [5, 5.41) is 1.65. The number of benzene rings is 1. The van der Waals surface area contributed by atoms with Crippen LogP contribution in [0.25, 0.3) is 11.0 Å². The molecule has 0 spiro atoms. The summed E-state index contributed by atoms with van der Waals surface area (Å²) in [4.78, 5) is 12.3. The maximum atomic E-state index is 6.28. The van der Waals surface area contributed by atoms with Crippen LogP contribution in [0.15, 0.2) is 29.6 Å². The van der Waals surface area contributed by atoms with Crippen molar-refractivity contribution in [2.45, 2.75) is 24.8 Å². The number of fused-ring (bicyclic) bond motifs is 1. The Morgan fingerprint density at radius 1 is 1.30 bits per heavy atom. The molecule has 0 radical (unpaired) electrons. The topological polar surface area (TPSA) is 82.3 Å². The first kappa shape index (κ1) is 17.6. The van der Waals surface area contributed by atoms with Gasteiger partial charge in [0.15, 0.2) is 5.16 Å². The van der Waals surface area contributed by atoms with Crippen LogP contribution in [0.4, 0.5) is 0 Å². The lowest BCUT2D eigenvalue weighted by atomic mass is 10.2. The third-order valence-corrected chi connectivity index (χ3v) is 5.00. The highest BCUT2D eigenvalue weighted by molar-refractivity contribution is 7.98. The number of pyridine rings is 1. The summed E-state index contributed by atoms with van der Waals surface area (Å²) in [5.74, 6) is 1.54. The van der Waals surface area contributed by atoms with Crippen molar-refractivity contribution < 1.29 is 10.2 Å². The second kappa shape index (κ2) is 7.21. The lowest BCUT2D eigenvalue weighted by Gasteiger charge is -2.07. The lowest BCUT2D eigenvalue weighted by Crippen LogP contribution is -1.95. The van der Waals surface area contributed by atoms with Gasteiger partial charge in [0.25, 0.3) is 0 Å². The van der Waals surface area contributed by atoms with Crippen LogP contribution in [0.3, 0.4) is 0 Å². The Morgan fingerprint density at radius 3 is 2.83 bits per heavy atom. The maximum Gasteiger partial charge on any atom is 0.166 e. The molecule has 5 nitrogen and oxygen atoms in total. The largest absolute Gasteiger partial charge is 0.497 e. The minimum atomic E-state index is 0. The van der Waals surface area contributed by atoms with E-state index in [1.54, 1.807) is 18.9 Å². The molecule has 1 aromatic carbocycles. The second-order valence-electron chi connectivity index (χ2n) is 5.04. The van der Waals surface area contributed by atoms with Crippen LogP contribution >= 0.6 is 23.4 Å². The Balaban J connectivity index is 0.00000192. The smallest absolute Gasteiger partial charge is 0.166 e. The minimum Gasteiger partial charge on any atom is -0.497 e. The van der Waals surface area contributed by atoms with Crippen molar-refractivity contribution in [2.24, 2.45) is 0 Å². The summed E-state index contributed by atoms with van der Waals surface area (Å²) >= 11 is 7.89. The molecule has 0 aliphatic rings. The van der Waals surface area contributed by atoms with Gasteiger partial charge in [-0.2, -0.15) is 0 Å². The molecule has 0 amide bonds. The van der Waals surface area contributed by atoms with Crippen LogP contribution in [0.2, 0.25) is 5.02 Å². The molecule has 0 fully saturated rings. The lowest BCUT2D eigenvalue weighted by molar-refractivity contribution is 0.415. The molecule has 3 aromatic rings. The van der Waals surface area contributed by atoms with E-state index in [-0.39, 0.29) is 5.48 Å². The van der Waals surface area contributed by atoms with Gasteiger partial charge >= 0.3 is 0 Å². The van der Waals surface area contributed by atoms with Crippen molar-refractivity contribution in [1.82, 2.24) is 15.0 Å². The Morgan fingerprint density at radius 2 is 2.09 bits per heavy atom. The monoisotopic (exact) mass is 351 g/mol. The van der Waals surface area contributed by atoms with E-state index < -0.39 is 0 Å². The molecule has 0 atom stereocenters. The molecule has 2 aromatic heterocycles. The van der Waals surface area contributed by atoms with Crippen molar-refractivity contribution in [2.75, 3.05) is 7.11 Å². The number of ether oxygens (including phenoxy) is 1. The third-order valence-electron chi connectivity index (χ3n) is 3.54. The zero-order valence-corrected chi connectivity index (χ0v) is 14.7. The van der Waals surface area contributed by atoms with E-state index >= 15 is 0 Å². The molecule has 7 heteroatoms. The molecular weight excluding hydrogens is 334 g/mol. The fourth-order valence-corrected chi connectivity index (χ4v) is 3.26. The Bertz CT molecular complexity index is 836. The number of aromatic nitrogens is 3. The Hall–Kier alpha value is -1.76. The molecule has 0 bridgehead atoms. The fourth-order valence-electron chi connectivity index (χ4n) is 2.19. The predicted molar refractivity (Wildman–Crippen MR) is 94.5 cm³/mol. The van der Waals surface area contributed by atoms with Crippen molar-refractivity contribution in [1.29, 1.82) is 0 Å². The van der Waals surface area contributed by atoms with Crippen LogP contribution in [-0.4, -0.2) is 27.5 Å². The van der Waals surface area contributed by atoms with Crippen LogP contribution in [0.5, 0.6) is 5.75 Å². The Labute approximate surface area is 143 Å². The molecule has 0 saturated heterocycles. The first-order chi connectivity index (χ1) is 10.6. The van der Waals surface area contributed by atoms with E-state index in [2.05, 4.69) is 15.0 Å². The van der Waals surface area contributed by atoms with E-state index in [0.29, 0.717) is 0 Å². The van der Waals surface area contributed by atoms with Gasteiger partial charge < -0.3 is 15.2 Å². The SMILES string of the molecule is COc1ccc2nc(SCc3ncc(C)c(Cl)c3C)[nH]c2c1.O. The number of aryl methyl sites for hydroxylation is 1. The molecular formula is C16H18ClN3O2S. The third kappa shape index (κ3) is 3.60. The van der Waals surface area contributed by atoms with Crippen molar-refractivity contribution >= 4 is 34.4 Å².